The highest BCUT2D eigenvalue weighted by Gasteiger charge is 2.65. The van der Waals surface area contributed by atoms with Crippen LogP contribution in [0.15, 0.2) is 0 Å². The van der Waals surface area contributed by atoms with Gasteiger partial charge in [-0.2, -0.15) is 0 Å². The Bertz CT molecular complexity index is 266. The average Bonchev–Trinajstić information content (AvgIpc) is 2.66. The Morgan fingerprint density at radius 3 is 2.85 bits per heavy atom. The second-order valence-electron chi connectivity index (χ2n) is 5.56. The minimum absolute atomic E-state index is 0.105. The van der Waals surface area contributed by atoms with Crippen molar-refractivity contribution in [1.29, 1.82) is 0 Å². The summed E-state index contributed by atoms with van der Waals surface area (Å²) in [7, 11) is 0. The van der Waals surface area contributed by atoms with Crippen molar-refractivity contribution in [3.8, 4) is 0 Å². The minimum Gasteiger partial charge on any atom is -0.299 e. The van der Waals surface area contributed by atoms with E-state index in [0.717, 1.165) is 12.3 Å². The Morgan fingerprint density at radius 1 is 1.23 bits per heavy atom. The second-order valence-corrected chi connectivity index (χ2v) is 5.56. The number of hydrogen-bond donors (Lipinski definition) is 0. The monoisotopic (exact) mass is 178 g/mol. The molecule has 0 aromatic carbocycles. The van der Waals surface area contributed by atoms with E-state index in [0.29, 0.717) is 11.2 Å². The lowest BCUT2D eigenvalue weighted by Gasteiger charge is -2.36. The van der Waals surface area contributed by atoms with Crippen molar-refractivity contribution in [2.75, 3.05) is 0 Å². The molecule has 0 radical (unpaired) electrons. The Labute approximate surface area is 79.9 Å². The van der Waals surface area contributed by atoms with Gasteiger partial charge in [-0.25, -0.2) is 0 Å². The number of carbonyl (C=O) groups excluding carboxylic acids is 1. The predicted octanol–water partition coefficient (Wildman–Crippen LogP) is 2.94. The summed E-state index contributed by atoms with van der Waals surface area (Å²) < 4.78 is 0. The van der Waals surface area contributed by atoms with Crippen LogP contribution in [0.2, 0.25) is 0 Å². The number of Topliss-reactive ketones (excluding diaryl/α,β-unsaturated/α-hetero) is 1. The van der Waals surface area contributed by atoms with Crippen molar-refractivity contribution >= 4 is 5.78 Å². The molecule has 0 heterocycles. The largest absolute Gasteiger partial charge is 0.299 e. The molecule has 3 saturated carbocycles. The van der Waals surface area contributed by atoms with E-state index < -0.39 is 0 Å². The molecule has 1 heteroatoms. The molecule has 3 unspecified atom stereocenters. The first kappa shape index (κ1) is 8.02. The molecule has 3 atom stereocenters. The Kier molecular flexibility index (Phi) is 1.35. The Morgan fingerprint density at radius 2 is 2.00 bits per heavy atom. The maximum absolute atomic E-state index is 12.0. The topological polar surface area (TPSA) is 17.1 Å². The van der Waals surface area contributed by atoms with Crippen molar-refractivity contribution in [2.45, 2.75) is 51.9 Å². The lowest BCUT2D eigenvalue weighted by Crippen LogP contribution is -2.34. The molecule has 1 spiro atoms. The number of rotatable bonds is 0. The molecule has 0 N–H and O–H groups in total. The van der Waals surface area contributed by atoms with Gasteiger partial charge in [0.05, 0.1) is 0 Å². The molecule has 3 fully saturated rings. The molecule has 3 aliphatic rings. The van der Waals surface area contributed by atoms with Crippen molar-refractivity contribution in [1.82, 2.24) is 0 Å². The maximum atomic E-state index is 12.0. The van der Waals surface area contributed by atoms with Gasteiger partial charge in [0, 0.05) is 11.8 Å². The second kappa shape index (κ2) is 2.18. The molecule has 1 nitrogen and oxygen atoms in total. The quantitative estimate of drug-likeness (QED) is 0.557. The van der Waals surface area contributed by atoms with Crippen molar-refractivity contribution in [3.63, 3.8) is 0 Å². The van der Waals surface area contributed by atoms with Crippen LogP contribution in [-0.4, -0.2) is 5.78 Å². The van der Waals surface area contributed by atoms with E-state index in [1.165, 1.54) is 38.5 Å². The zero-order valence-electron chi connectivity index (χ0n) is 8.44. The third kappa shape index (κ3) is 0.693. The standard InChI is InChI=1S/C12H18O/c1-11-5-3-7-12(11)6-2-4-9(12)8-10(11)13/h9H,2-8H2,1H3. The molecule has 0 saturated heterocycles. The summed E-state index contributed by atoms with van der Waals surface area (Å²) in [5.41, 5.74) is 0.582. The fourth-order valence-electron chi connectivity index (χ4n) is 4.65. The van der Waals surface area contributed by atoms with Gasteiger partial charge in [-0.15, -0.1) is 0 Å². The molecule has 0 aromatic rings. The molecule has 3 aliphatic carbocycles. The lowest BCUT2D eigenvalue weighted by atomic mass is 9.66. The molecule has 0 aromatic heterocycles. The molecule has 72 valence electrons. The lowest BCUT2D eigenvalue weighted by molar-refractivity contribution is -0.127. The zero-order valence-corrected chi connectivity index (χ0v) is 8.44. The summed E-state index contributed by atoms with van der Waals surface area (Å²) >= 11 is 0. The van der Waals surface area contributed by atoms with Crippen molar-refractivity contribution < 1.29 is 4.79 Å². The predicted molar refractivity (Wildman–Crippen MR) is 51.4 cm³/mol. The van der Waals surface area contributed by atoms with E-state index >= 15 is 0 Å². The minimum atomic E-state index is 0.105. The fourth-order valence-corrected chi connectivity index (χ4v) is 4.65. The Hall–Kier alpha value is -0.330. The van der Waals surface area contributed by atoms with Gasteiger partial charge in [-0.1, -0.05) is 19.8 Å². The maximum Gasteiger partial charge on any atom is 0.139 e. The first-order valence-electron chi connectivity index (χ1n) is 5.72. The van der Waals surface area contributed by atoms with Crippen LogP contribution >= 0.6 is 0 Å². The van der Waals surface area contributed by atoms with E-state index in [-0.39, 0.29) is 5.41 Å². The van der Waals surface area contributed by atoms with E-state index in [1.807, 2.05) is 0 Å². The molecule has 3 rings (SSSR count). The smallest absolute Gasteiger partial charge is 0.139 e. The highest BCUT2D eigenvalue weighted by atomic mass is 16.1. The highest BCUT2D eigenvalue weighted by molar-refractivity contribution is 5.89. The van der Waals surface area contributed by atoms with Crippen LogP contribution in [0.3, 0.4) is 0 Å². The van der Waals surface area contributed by atoms with E-state index in [1.54, 1.807) is 0 Å². The van der Waals surface area contributed by atoms with Gasteiger partial charge in [0.15, 0.2) is 0 Å². The van der Waals surface area contributed by atoms with Gasteiger partial charge in [0.25, 0.3) is 0 Å². The van der Waals surface area contributed by atoms with Crippen LogP contribution in [0.25, 0.3) is 0 Å². The van der Waals surface area contributed by atoms with Crippen molar-refractivity contribution in [3.05, 3.63) is 0 Å². The SMILES string of the molecule is CC12CCCC13CCCC3CC2=O. The van der Waals surface area contributed by atoms with E-state index in [9.17, 15) is 4.79 Å². The number of carbonyl (C=O) groups is 1. The Balaban J connectivity index is 2.11. The van der Waals surface area contributed by atoms with Gasteiger partial charge < -0.3 is 0 Å². The van der Waals surface area contributed by atoms with Crippen LogP contribution in [-0.2, 0) is 4.79 Å². The van der Waals surface area contributed by atoms with Gasteiger partial charge in [0.2, 0.25) is 0 Å². The summed E-state index contributed by atoms with van der Waals surface area (Å²) in [4.78, 5) is 12.0. The third-order valence-corrected chi connectivity index (χ3v) is 5.40. The highest BCUT2D eigenvalue weighted by Crippen LogP contribution is 2.69. The number of ketones is 1. The fraction of sp³-hybridized carbons (Fsp3) is 0.917. The number of hydrogen-bond acceptors (Lipinski definition) is 1. The summed E-state index contributed by atoms with van der Waals surface area (Å²) in [5, 5.41) is 0. The average molecular weight is 178 g/mol. The summed E-state index contributed by atoms with van der Waals surface area (Å²) in [6, 6.07) is 0. The van der Waals surface area contributed by atoms with Crippen LogP contribution in [0.5, 0.6) is 0 Å². The van der Waals surface area contributed by atoms with E-state index in [2.05, 4.69) is 6.92 Å². The third-order valence-electron chi connectivity index (χ3n) is 5.40. The first-order chi connectivity index (χ1) is 6.19. The first-order valence-corrected chi connectivity index (χ1v) is 5.72. The van der Waals surface area contributed by atoms with E-state index in [4.69, 9.17) is 0 Å². The van der Waals surface area contributed by atoms with Gasteiger partial charge in [-0.05, 0) is 37.0 Å². The molecule has 0 aliphatic heterocycles. The molecule has 13 heavy (non-hydrogen) atoms. The summed E-state index contributed by atoms with van der Waals surface area (Å²) in [6.07, 6.45) is 8.81. The van der Waals surface area contributed by atoms with Crippen LogP contribution < -0.4 is 0 Å². The van der Waals surface area contributed by atoms with Crippen LogP contribution in [0, 0.1) is 16.7 Å². The van der Waals surface area contributed by atoms with Crippen LogP contribution in [0.1, 0.15) is 51.9 Å². The molecule has 0 bridgehead atoms. The van der Waals surface area contributed by atoms with Gasteiger partial charge in [-0.3, -0.25) is 4.79 Å². The van der Waals surface area contributed by atoms with Gasteiger partial charge >= 0.3 is 0 Å². The molecular weight excluding hydrogens is 160 g/mol. The molecule has 0 amide bonds. The van der Waals surface area contributed by atoms with Crippen LogP contribution in [0.4, 0.5) is 0 Å². The zero-order chi connectivity index (χ0) is 9.10. The summed E-state index contributed by atoms with van der Waals surface area (Å²) in [6.45, 7) is 2.26. The van der Waals surface area contributed by atoms with Gasteiger partial charge in [0.1, 0.15) is 5.78 Å². The molecular formula is C12H18O. The summed E-state index contributed by atoms with van der Waals surface area (Å²) in [5.74, 6) is 1.36. The van der Waals surface area contributed by atoms with Crippen molar-refractivity contribution in [2.24, 2.45) is 16.7 Å². The normalized spacial score (nSPS) is 53.9.